The maximum Gasteiger partial charge on any atom is 0.212 e. The van der Waals surface area contributed by atoms with Gasteiger partial charge >= 0.3 is 0 Å². The summed E-state index contributed by atoms with van der Waals surface area (Å²) in [5, 5.41) is 2.53. The van der Waals surface area contributed by atoms with Crippen molar-refractivity contribution in [3.05, 3.63) is 202 Å². The van der Waals surface area contributed by atoms with Crippen molar-refractivity contribution in [1.29, 1.82) is 0 Å². The average Bonchev–Trinajstić information content (AvgIpc) is 3.86. The van der Waals surface area contributed by atoms with E-state index >= 15 is 0 Å². The molecule has 1 N–H and O–H groups in total. The molecule has 0 fully saturated rings. The Labute approximate surface area is 448 Å². The predicted molar refractivity (Wildman–Crippen MR) is 304 cm³/mol. The summed E-state index contributed by atoms with van der Waals surface area (Å²) in [6.45, 7) is 16.0. The fourth-order valence-electron chi connectivity index (χ4n) is 8.07. The van der Waals surface area contributed by atoms with Crippen LogP contribution in [0.15, 0.2) is 149 Å². The largest absolute Gasteiger partial charge is 0.744 e. The smallest absolute Gasteiger partial charge is 0.212 e. The van der Waals surface area contributed by atoms with Crippen molar-refractivity contribution in [1.82, 2.24) is 14.5 Å². The number of aryl methyl sites for hydroxylation is 9. The Morgan fingerprint density at radius 3 is 1.51 bits per heavy atom. The minimum Gasteiger partial charge on any atom is -0.744 e. The molecule has 14 nitrogen and oxygen atoms in total. The van der Waals surface area contributed by atoms with Crippen LogP contribution in [0.4, 0.5) is 11.4 Å². The van der Waals surface area contributed by atoms with E-state index in [0.29, 0.717) is 0 Å². The van der Waals surface area contributed by atoms with Gasteiger partial charge in [0.25, 0.3) is 0 Å². The first kappa shape index (κ1) is 59.1. The number of hydrogen-bond acceptors (Lipinski definition) is 10. The second kappa shape index (κ2) is 25.7. The minimum atomic E-state index is -4.27. The fourth-order valence-corrected chi connectivity index (χ4v) is 9.01. The van der Waals surface area contributed by atoms with Crippen LogP contribution in [0, 0.1) is 55.4 Å². The lowest BCUT2D eigenvalue weighted by atomic mass is 10.1. The van der Waals surface area contributed by atoms with Gasteiger partial charge in [0.1, 0.15) is 40.1 Å². The van der Waals surface area contributed by atoms with E-state index in [1.807, 2.05) is 46.0 Å². The Kier molecular flexibility index (Phi) is 20.0. The molecule has 5 heterocycles. The highest BCUT2D eigenvalue weighted by Crippen LogP contribution is 2.25. The topological polar surface area (TPSA) is 179 Å². The lowest BCUT2D eigenvalue weighted by Crippen LogP contribution is -2.32. The number of carbonyl (C=O) groups excluding carboxylic acids is 1. The van der Waals surface area contributed by atoms with Crippen molar-refractivity contribution in [2.24, 2.45) is 14.1 Å². The Morgan fingerprint density at radius 1 is 0.579 bits per heavy atom. The van der Waals surface area contributed by atoms with Crippen LogP contribution in [0.25, 0.3) is 39.8 Å². The minimum absolute atomic E-state index is 0.178. The summed E-state index contributed by atoms with van der Waals surface area (Å²) in [5.41, 5.74) is 16.8. The number of hydrogen-bond donors (Lipinski definition) is 1. The summed E-state index contributed by atoms with van der Waals surface area (Å²) in [4.78, 5) is 21.7. The summed E-state index contributed by atoms with van der Waals surface area (Å²) in [6, 6.07) is 41.6. The van der Waals surface area contributed by atoms with Crippen molar-refractivity contribution in [3.8, 4) is 5.82 Å². The van der Waals surface area contributed by atoms with E-state index in [1.54, 1.807) is 24.3 Å². The van der Waals surface area contributed by atoms with E-state index in [1.165, 1.54) is 91.3 Å². The molecule has 0 saturated carbocycles. The van der Waals surface area contributed by atoms with Gasteiger partial charge < -0.3 is 28.5 Å². The predicted octanol–water partition coefficient (Wildman–Crippen LogP) is 10.3. The summed E-state index contributed by atoms with van der Waals surface area (Å²) < 4.78 is 69.0. The number of fused-ring (bicyclic) bond motifs is 2. The Balaban J connectivity index is 0.000000194. The molecule has 0 spiro atoms. The summed E-state index contributed by atoms with van der Waals surface area (Å²) in [5.74, 6) is 1.00. The van der Waals surface area contributed by atoms with Crippen LogP contribution in [-0.2, 0) is 34.3 Å². The molecular weight excluding hydrogens is 995 g/mol. The zero-order chi connectivity index (χ0) is 56.2. The molecule has 5 aromatic heterocycles. The molecule has 0 atom stereocenters. The normalized spacial score (nSPS) is 11.1. The maximum atomic E-state index is 10.4. The van der Waals surface area contributed by atoms with E-state index in [9.17, 15) is 30.7 Å². The van der Waals surface area contributed by atoms with Crippen molar-refractivity contribution in [2.75, 3.05) is 38.0 Å². The summed E-state index contributed by atoms with van der Waals surface area (Å²) in [6.07, 6.45) is 7.11. The lowest BCUT2D eigenvalue weighted by molar-refractivity contribution is -0.651. The summed E-state index contributed by atoms with van der Waals surface area (Å²) >= 11 is 0. The van der Waals surface area contributed by atoms with Crippen molar-refractivity contribution in [2.45, 2.75) is 65.2 Å². The number of aromatic amines is 1. The number of carbonyl (C=O) groups is 1. The monoisotopic (exact) mass is 1060 g/mol. The van der Waals surface area contributed by atoms with Crippen LogP contribution in [0.5, 0.6) is 0 Å². The molecule has 0 bridgehead atoms. The van der Waals surface area contributed by atoms with Gasteiger partial charge in [-0.1, -0.05) is 41.5 Å². The van der Waals surface area contributed by atoms with Crippen molar-refractivity contribution in [3.63, 3.8) is 0 Å². The first-order valence-electron chi connectivity index (χ1n) is 24.3. The molecule has 0 unspecified atom stereocenters. The first-order valence-corrected chi connectivity index (χ1v) is 27.1. The number of aromatic nitrogens is 5. The Hall–Kier alpha value is -7.76. The van der Waals surface area contributed by atoms with Gasteiger partial charge in [0, 0.05) is 122 Å². The van der Waals surface area contributed by atoms with Crippen LogP contribution in [-0.4, -0.2) is 75.0 Å². The molecule has 9 aromatic rings. The molecule has 76 heavy (non-hydrogen) atoms. The van der Waals surface area contributed by atoms with E-state index in [0.717, 1.165) is 40.2 Å². The van der Waals surface area contributed by atoms with Crippen LogP contribution in [0.3, 0.4) is 0 Å². The van der Waals surface area contributed by atoms with Crippen LogP contribution >= 0.6 is 0 Å². The number of aldehydes is 1. The molecule has 16 heteroatoms. The van der Waals surface area contributed by atoms with Gasteiger partial charge in [-0.05, 0) is 145 Å². The highest BCUT2D eigenvalue weighted by atomic mass is 32.2. The number of H-pyrrole nitrogens is 1. The molecule has 4 aromatic carbocycles. The van der Waals surface area contributed by atoms with Gasteiger partial charge in [0.15, 0.2) is 12.0 Å². The molecule has 398 valence electrons. The average molecular weight is 1060 g/mol. The van der Waals surface area contributed by atoms with Crippen molar-refractivity contribution < 1.29 is 39.9 Å². The third-order valence-electron chi connectivity index (χ3n) is 12.7. The zero-order valence-corrected chi connectivity index (χ0v) is 47.5. The molecule has 0 aliphatic rings. The molecule has 9 rings (SSSR count). The SMILES string of the molecule is Cc1cc(C=O)c(C)[nH]1.Cc1ccc(S(=O)(=O)[O-])cc1.Cc1ccc(S(=O)(=O)[O-])cc1.Cc1ccc2cc(N(C)C)ccc2[n+]1C.Cc1cccnc1-n1c(C)cc(/C=C/c2ccc3cc(N(C)C)ccc3[n+]2C)c1C. The van der Waals surface area contributed by atoms with Gasteiger partial charge in [-0.3, -0.25) is 4.79 Å². The van der Waals surface area contributed by atoms with E-state index in [-0.39, 0.29) is 9.79 Å². The number of anilines is 2. The second-order valence-corrected chi connectivity index (χ2v) is 21.7. The van der Waals surface area contributed by atoms with Crippen LogP contribution in [0.2, 0.25) is 0 Å². The molecular formula is C60H69N7O7S2. The number of benzene rings is 4. The Morgan fingerprint density at radius 2 is 1.08 bits per heavy atom. The zero-order valence-electron chi connectivity index (χ0n) is 45.9. The molecule has 0 aliphatic heterocycles. The van der Waals surface area contributed by atoms with Crippen molar-refractivity contribution >= 4 is 71.9 Å². The van der Waals surface area contributed by atoms with Crippen LogP contribution in [0.1, 0.15) is 66.8 Å². The number of nitrogens with zero attached hydrogens (tertiary/aromatic N) is 6. The summed E-state index contributed by atoms with van der Waals surface area (Å²) in [7, 11) is 3.96. The third kappa shape index (κ3) is 15.6. The Bertz CT molecular complexity index is 3660. The first-order chi connectivity index (χ1) is 35.7. The second-order valence-electron chi connectivity index (χ2n) is 19.0. The quantitative estimate of drug-likeness (QED) is 0.0874. The van der Waals surface area contributed by atoms with Gasteiger partial charge in [-0.15, -0.1) is 0 Å². The molecule has 0 saturated heterocycles. The molecule has 0 radical (unpaired) electrons. The van der Waals surface area contributed by atoms with Crippen LogP contribution < -0.4 is 18.9 Å². The van der Waals surface area contributed by atoms with E-state index < -0.39 is 20.2 Å². The van der Waals surface area contributed by atoms with Gasteiger partial charge in [0.2, 0.25) is 16.7 Å². The lowest BCUT2D eigenvalue weighted by Gasteiger charge is -2.12. The maximum absolute atomic E-state index is 10.4. The molecule has 0 aliphatic carbocycles. The standard InChI is InChI=1S/C26H29N4.C13H17N2.C7H9NO.2C7H8O3S/c1-18-8-7-15-27-26(18)30-19(2)16-21(20(30)3)9-11-23-12-10-22-17-24(28(4)5)13-14-25(22)29(23)6;1-10-5-6-11-9-12(14(2)3)7-8-13(11)15(10)4;1-5-3-7(4-9)6(2)8-5;2*1-6-2-4-7(5-3-6)11(8,9)10/h7-17H,1-6H3;5-9H,1-4H3;3-4,8H,1-2H3;2*2-5H,1H3,(H,8,9,10)/q2*+1;;;/p-2. The molecule has 0 amide bonds. The van der Waals surface area contributed by atoms with E-state index in [2.05, 4.69) is 188 Å². The van der Waals surface area contributed by atoms with Gasteiger partial charge in [-0.25, -0.2) is 21.8 Å². The van der Waals surface area contributed by atoms with Gasteiger partial charge in [-0.2, -0.15) is 9.13 Å². The fraction of sp³-hybridized carbons (Fsp3) is 0.233. The number of pyridine rings is 3. The van der Waals surface area contributed by atoms with Gasteiger partial charge in [0.05, 0.1) is 9.79 Å². The number of rotatable bonds is 8. The third-order valence-corrected chi connectivity index (χ3v) is 14.4. The highest BCUT2D eigenvalue weighted by Gasteiger charge is 2.15. The van der Waals surface area contributed by atoms with E-state index in [4.69, 9.17) is 0 Å². The number of nitrogens with one attached hydrogen (secondary N) is 1. The highest BCUT2D eigenvalue weighted by molar-refractivity contribution is 7.86.